The molecule has 1 aliphatic heterocycles. The van der Waals surface area contributed by atoms with Gasteiger partial charge in [0.05, 0.1) is 11.3 Å². The highest BCUT2D eigenvalue weighted by Crippen LogP contribution is 2.36. The van der Waals surface area contributed by atoms with E-state index in [4.69, 9.17) is 4.42 Å². The summed E-state index contributed by atoms with van der Waals surface area (Å²) in [5.74, 6) is 1.51. The molecule has 1 fully saturated rings. The lowest BCUT2D eigenvalue weighted by Gasteiger charge is -2.37. The maximum absolute atomic E-state index is 13.4. The minimum Gasteiger partial charge on any atom is -0.459 e. The van der Waals surface area contributed by atoms with Crippen molar-refractivity contribution in [2.75, 3.05) is 32.7 Å². The van der Waals surface area contributed by atoms with E-state index < -0.39 is 17.8 Å². The van der Waals surface area contributed by atoms with Gasteiger partial charge in [-0.2, -0.15) is 17.9 Å². The van der Waals surface area contributed by atoms with E-state index in [0.717, 1.165) is 61.7 Å². The van der Waals surface area contributed by atoms with E-state index in [-0.39, 0.29) is 0 Å². The molecule has 3 aromatic carbocycles. The first-order chi connectivity index (χ1) is 21.3. The monoisotopic (exact) mass is 598 g/mol. The Balaban J connectivity index is 1.30. The molecule has 5 aromatic rings. The summed E-state index contributed by atoms with van der Waals surface area (Å²) in [6.45, 7) is 7.95. The van der Waals surface area contributed by atoms with Crippen molar-refractivity contribution in [3.63, 3.8) is 0 Å². The van der Waals surface area contributed by atoms with Crippen LogP contribution in [0.2, 0.25) is 0 Å². The first-order valence-corrected chi connectivity index (χ1v) is 14.6. The fourth-order valence-corrected chi connectivity index (χ4v) is 5.74. The topological polar surface area (TPSA) is 63.2 Å². The number of hydrogen-bond donors (Lipinski definition) is 0. The number of piperazine rings is 1. The van der Waals surface area contributed by atoms with Gasteiger partial charge in [-0.1, -0.05) is 72.8 Å². The molecule has 226 valence electrons. The normalized spacial score (nSPS) is 15.7. The van der Waals surface area contributed by atoms with Gasteiger partial charge in [-0.05, 0) is 65.2 Å². The van der Waals surface area contributed by atoms with Crippen molar-refractivity contribution in [3.8, 4) is 17.0 Å². The van der Waals surface area contributed by atoms with Gasteiger partial charge in [-0.3, -0.25) is 9.80 Å². The molecule has 6 rings (SSSR count). The largest absolute Gasteiger partial charge is 0.459 e. The summed E-state index contributed by atoms with van der Waals surface area (Å²) in [4.78, 5) is 4.67. The fourth-order valence-electron chi connectivity index (χ4n) is 5.74. The smallest absolute Gasteiger partial charge is 0.416 e. The van der Waals surface area contributed by atoms with E-state index >= 15 is 0 Å². The molecule has 0 saturated carbocycles. The van der Waals surface area contributed by atoms with Crippen molar-refractivity contribution in [1.82, 2.24) is 30.0 Å². The second-order valence-electron chi connectivity index (χ2n) is 11.0. The number of hydrogen-bond acceptors (Lipinski definition) is 6. The zero-order chi connectivity index (χ0) is 30.7. The van der Waals surface area contributed by atoms with Gasteiger partial charge in [-0.15, -0.1) is 5.10 Å². The van der Waals surface area contributed by atoms with Crippen LogP contribution in [0.1, 0.15) is 39.9 Å². The number of benzene rings is 3. The second kappa shape index (κ2) is 12.6. The summed E-state index contributed by atoms with van der Waals surface area (Å²) in [5, 5.41) is 12.9. The lowest BCUT2D eigenvalue weighted by Crippen LogP contribution is -2.48. The highest BCUT2D eigenvalue weighted by Gasteiger charge is 2.34. The number of aromatic nitrogens is 4. The van der Waals surface area contributed by atoms with Crippen LogP contribution in [0.15, 0.2) is 95.4 Å². The van der Waals surface area contributed by atoms with Gasteiger partial charge < -0.3 is 4.42 Å². The minimum atomic E-state index is -4.45. The van der Waals surface area contributed by atoms with Crippen LogP contribution in [0.4, 0.5) is 13.2 Å². The van der Waals surface area contributed by atoms with Crippen LogP contribution in [-0.2, 0) is 6.18 Å². The predicted molar refractivity (Wildman–Crippen MR) is 163 cm³/mol. The lowest BCUT2D eigenvalue weighted by molar-refractivity contribution is -0.137. The van der Waals surface area contributed by atoms with E-state index in [1.807, 2.05) is 56.3 Å². The molecular weight excluding hydrogens is 565 g/mol. The molecule has 0 unspecified atom stereocenters. The number of aryl methyl sites for hydroxylation is 2. The van der Waals surface area contributed by atoms with E-state index in [1.54, 1.807) is 16.8 Å². The molecular formula is C34H33F3N6O. The maximum Gasteiger partial charge on any atom is 0.416 e. The Hall–Kier alpha value is -4.54. The molecule has 10 heteroatoms. The molecule has 2 aromatic heterocycles. The Morgan fingerprint density at radius 1 is 0.864 bits per heavy atom. The predicted octanol–water partition coefficient (Wildman–Crippen LogP) is 6.98. The summed E-state index contributed by atoms with van der Waals surface area (Å²) in [6.07, 6.45) is -0.138. The quantitative estimate of drug-likeness (QED) is 0.192. The van der Waals surface area contributed by atoms with Crippen LogP contribution in [0.3, 0.4) is 0 Å². The number of furan rings is 1. The summed E-state index contributed by atoms with van der Waals surface area (Å²) in [6, 6.07) is 24.5. The molecule has 0 N–H and O–H groups in total. The molecule has 0 bridgehead atoms. The number of nitrogens with zero attached hydrogens (tertiary/aromatic N) is 6. The molecule has 1 aliphatic rings. The van der Waals surface area contributed by atoms with E-state index in [1.165, 1.54) is 11.6 Å². The molecule has 3 heterocycles. The molecule has 44 heavy (non-hydrogen) atoms. The van der Waals surface area contributed by atoms with Crippen molar-refractivity contribution in [2.45, 2.75) is 26.1 Å². The first kappa shape index (κ1) is 29.5. The van der Waals surface area contributed by atoms with Crippen molar-refractivity contribution in [3.05, 3.63) is 125 Å². The van der Waals surface area contributed by atoms with Crippen LogP contribution in [0.5, 0.6) is 0 Å². The standard InChI is InChI=1S/C34H33F3N6O/c1-24-9-6-10-25(2)31(24)43-33(38-39-40-43)32(30-17-16-29(44-30)27-14-7-15-28(23-27)34(35,36)37)42-21-19-41(20-22-42)18-8-13-26-11-4-3-5-12-26/h3-17,23,32H,18-22H2,1-2H3/t32-/m0/s1. The molecule has 0 amide bonds. The molecule has 1 atom stereocenters. The van der Waals surface area contributed by atoms with Crippen molar-refractivity contribution < 1.29 is 17.6 Å². The third-order valence-electron chi connectivity index (χ3n) is 8.01. The average Bonchev–Trinajstić information content (AvgIpc) is 3.69. The number of rotatable bonds is 8. The fraction of sp³-hybridized carbons (Fsp3) is 0.265. The maximum atomic E-state index is 13.4. The summed E-state index contributed by atoms with van der Waals surface area (Å²) < 4.78 is 48.4. The lowest BCUT2D eigenvalue weighted by atomic mass is 10.1. The van der Waals surface area contributed by atoms with Gasteiger partial charge in [0.15, 0.2) is 5.82 Å². The highest BCUT2D eigenvalue weighted by atomic mass is 19.4. The zero-order valence-electron chi connectivity index (χ0n) is 24.6. The summed E-state index contributed by atoms with van der Waals surface area (Å²) in [7, 11) is 0. The Bertz CT molecular complexity index is 1720. The number of halogens is 3. The number of tetrazole rings is 1. The van der Waals surface area contributed by atoms with Crippen LogP contribution >= 0.6 is 0 Å². The van der Waals surface area contributed by atoms with Gasteiger partial charge >= 0.3 is 6.18 Å². The third kappa shape index (κ3) is 6.36. The van der Waals surface area contributed by atoms with E-state index in [0.29, 0.717) is 22.9 Å². The number of alkyl halides is 3. The Morgan fingerprint density at radius 3 is 2.32 bits per heavy atom. The first-order valence-electron chi connectivity index (χ1n) is 14.6. The van der Waals surface area contributed by atoms with Crippen LogP contribution in [-0.4, -0.2) is 62.7 Å². The minimum absolute atomic E-state index is 0.354. The molecule has 7 nitrogen and oxygen atoms in total. The third-order valence-corrected chi connectivity index (χ3v) is 8.01. The van der Waals surface area contributed by atoms with Gasteiger partial charge in [0.25, 0.3) is 0 Å². The Labute approximate surface area is 254 Å². The summed E-state index contributed by atoms with van der Waals surface area (Å²) >= 11 is 0. The van der Waals surface area contributed by atoms with E-state index in [9.17, 15) is 13.2 Å². The molecule has 0 spiro atoms. The van der Waals surface area contributed by atoms with Crippen LogP contribution in [0.25, 0.3) is 23.1 Å². The van der Waals surface area contributed by atoms with Gasteiger partial charge in [0.1, 0.15) is 17.6 Å². The van der Waals surface area contributed by atoms with Crippen molar-refractivity contribution in [2.24, 2.45) is 0 Å². The Morgan fingerprint density at radius 2 is 1.59 bits per heavy atom. The van der Waals surface area contributed by atoms with Crippen LogP contribution < -0.4 is 0 Å². The molecule has 1 saturated heterocycles. The molecule has 0 radical (unpaired) electrons. The van der Waals surface area contributed by atoms with Crippen LogP contribution in [0, 0.1) is 13.8 Å². The average molecular weight is 599 g/mol. The van der Waals surface area contributed by atoms with Gasteiger partial charge in [0.2, 0.25) is 0 Å². The number of para-hydroxylation sites is 1. The van der Waals surface area contributed by atoms with Crippen molar-refractivity contribution >= 4 is 6.08 Å². The Kier molecular flexibility index (Phi) is 8.45. The zero-order valence-corrected chi connectivity index (χ0v) is 24.6. The summed E-state index contributed by atoms with van der Waals surface area (Å²) in [5.41, 5.74) is 3.74. The molecule has 0 aliphatic carbocycles. The highest BCUT2D eigenvalue weighted by molar-refractivity contribution is 5.59. The van der Waals surface area contributed by atoms with Crippen molar-refractivity contribution in [1.29, 1.82) is 0 Å². The van der Waals surface area contributed by atoms with Gasteiger partial charge in [0, 0.05) is 38.3 Å². The SMILES string of the molecule is Cc1cccc(C)c1-n1nnnc1[C@H](c1ccc(-c2cccc(C(F)(F)F)c2)o1)N1CCN(CC=Cc2ccccc2)CC1. The van der Waals surface area contributed by atoms with Gasteiger partial charge in [-0.25, -0.2) is 0 Å². The second-order valence-corrected chi connectivity index (χ2v) is 11.0. The van der Waals surface area contributed by atoms with E-state index in [2.05, 4.69) is 49.6 Å².